The lowest BCUT2D eigenvalue weighted by Gasteiger charge is -2.22. The number of nitrogens with one attached hydrogen (secondary N) is 2. The van der Waals surface area contributed by atoms with Gasteiger partial charge >= 0.3 is 0 Å². The van der Waals surface area contributed by atoms with Crippen molar-refractivity contribution in [1.29, 1.82) is 0 Å². The minimum Gasteiger partial charge on any atom is -0.550 e. The normalized spacial score (nSPS) is 12.5. The van der Waals surface area contributed by atoms with Crippen molar-refractivity contribution >= 4 is 23.8 Å². The topological polar surface area (TPSA) is 175 Å². The van der Waals surface area contributed by atoms with Gasteiger partial charge in [0.2, 0.25) is 12.7 Å². The Kier molecular flexibility index (Phi) is 24.7. The second-order valence-corrected chi connectivity index (χ2v) is 22.8. The molecule has 2 aromatic heterocycles. The first-order chi connectivity index (χ1) is 40.5. The lowest BCUT2D eigenvalue weighted by atomic mass is 9.94. The van der Waals surface area contributed by atoms with Gasteiger partial charge in [0.1, 0.15) is 50.1 Å². The molecule has 85 heavy (non-hydrogen) atoms. The first-order valence-corrected chi connectivity index (χ1v) is 29.3. The molecule has 0 saturated heterocycles. The number of carbonyl (C=O) groups is 4. The highest BCUT2D eigenvalue weighted by Gasteiger charge is 2.26. The van der Waals surface area contributed by atoms with E-state index in [4.69, 9.17) is 9.47 Å². The molecule has 2 amide bonds. The maximum atomic E-state index is 12.9. The number of hydrogen-bond acceptors (Lipinski definition) is 8. The van der Waals surface area contributed by atoms with E-state index in [0.717, 1.165) is 11.1 Å². The highest BCUT2D eigenvalue weighted by molar-refractivity contribution is 5.86. The molecule has 8 rings (SSSR count). The van der Waals surface area contributed by atoms with Crippen LogP contribution >= 0.6 is 0 Å². The zero-order valence-electron chi connectivity index (χ0n) is 51.6. The Hall–Kier alpha value is -8.46. The standard InChI is InChI=1S/2C34H41N3O2.C3H4O4/c2*1-24(2)31-9-7-8-10-32(31)33(39-22-30-16-13-26(4)27(5)19-30)21-36-17-18-37(23-36)28(6)34(38)35-20-29-14-11-25(3)12-15-29;4-2(5)1-3(6)7/h2*7-19,23-24,28,33H,20-22H2,1-6H3;1H2,(H,4,5)(H,6,7). The first-order valence-electron chi connectivity index (χ1n) is 29.3. The summed E-state index contributed by atoms with van der Waals surface area (Å²) in [5, 5.41) is 24.7. The van der Waals surface area contributed by atoms with Gasteiger partial charge in [0.25, 0.3) is 11.8 Å². The van der Waals surface area contributed by atoms with Gasteiger partial charge in [-0.15, -0.1) is 0 Å². The fourth-order valence-corrected chi connectivity index (χ4v) is 9.67. The van der Waals surface area contributed by atoms with E-state index >= 15 is 0 Å². The van der Waals surface area contributed by atoms with E-state index in [0.29, 0.717) is 51.2 Å². The third-order valence-electron chi connectivity index (χ3n) is 15.3. The van der Waals surface area contributed by atoms with Gasteiger partial charge in [0.15, 0.2) is 12.1 Å². The van der Waals surface area contributed by atoms with Gasteiger partial charge in [-0.2, -0.15) is 0 Å². The molecule has 4 unspecified atom stereocenters. The van der Waals surface area contributed by atoms with Crippen molar-refractivity contribution in [2.75, 3.05) is 0 Å². The summed E-state index contributed by atoms with van der Waals surface area (Å²) >= 11 is 0. The lowest BCUT2D eigenvalue weighted by molar-refractivity contribution is -0.705. The molecule has 14 nitrogen and oxygen atoms in total. The molecule has 4 atom stereocenters. The van der Waals surface area contributed by atoms with Crippen molar-refractivity contribution in [2.24, 2.45) is 0 Å². The molecule has 0 bridgehead atoms. The van der Waals surface area contributed by atoms with Crippen LogP contribution in [0.5, 0.6) is 0 Å². The summed E-state index contributed by atoms with van der Waals surface area (Å²) in [4.78, 5) is 44.4. The van der Waals surface area contributed by atoms with E-state index in [2.05, 4.69) is 222 Å². The molecule has 0 spiro atoms. The Bertz CT molecular complexity index is 3230. The van der Waals surface area contributed by atoms with Gasteiger partial charge in [0.05, 0.1) is 13.2 Å². The monoisotopic (exact) mass is 1150 g/mol. The lowest BCUT2D eigenvalue weighted by Crippen LogP contribution is -2.37. The Balaban J connectivity index is 0.000000245. The number of rotatable bonds is 24. The van der Waals surface area contributed by atoms with Gasteiger partial charge in [-0.3, -0.25) is 9.59 Å². The Morgan fingerprint density at radius 1 is 0.459 bits per heavy atom. The summed E-state index contributed by atoms with van der Waals surface area (Å²) in [5.41, 5.74) is 17.1. The van der Waals surface area contributed by atoms with Crippen LogP contribution in [0.1, 0.15) is 162 Å². The largest absolute Gasteiger partial charge is 0.550 e. The summed E-state index contributed by atoms with van der Waals surface area (Å²) in [7, 11) is 0. The van der Waals surface area contributed by atoms with E-state index in [1.807, 2.05) is 60.4 Å². The van der Waals surface area contributed by atoms with Crippen molar-refractivity contribution in [1.82, 2.24) is 19.8 Å². The number of aromatic nitrogens is 4. The second-order valence-electron chi connectivity index (χ2n) is 22.8. The van der Waals surface area contributed by atoms with Crippen LogP contribution in [-0.2, 0) is 68.0 Å². The summed E-state index contributed by atoms with van der Waals surface area (Å²) in [6.45, 7) is 28.8. The molecule has 0 aliphatic rings. The van der Waals surface area contributed by atoms with Crippen molar-refractivity contribution < 1.29 is 48.0 Å². The SMILES string of the molecule is Cc1ccc(CNC(=O)C(C)n2cc[n+](CC(OCc3ccc(C)c(C)c3)c3ccccc3C(C)C)c2)cc1.Cc1ccc(CNC(=O)C(C)n2cc[n+](CC(OCc3ccc(C)c(C)c3)c3ccccc3C(C)C)c2)cc1.O=C([O-])CC(=O)[O-]. The average molecular weight is 1150 g/mol. The summed E-state index contributed by atoms with van der Waals surface area (Å²) in [5.74, 6) is -2.49. The van der Waals surface area contributed by atoms with Gasteiger partial charge in [-0.05, 0) is 134 Å². The number of carboxylic acid groups (broad SMARTS) is 2. The smallest absolute Gasteiger partial charge is 0.265 e. The van der Waals surface area contributed by atoms with Crippen molar-refractivity contribution in [2.45, 2.75) is 165 Å². The van der Waals surface area contributed by atoms with Crippen LogP contribution in [-0.4, -0.2) is 32.9 Å². The number of amides is 2. The summed E-state index contributed by atoms with van der Waals surface area (Å²) < 4.78 is 21.4. The predicted molar refractivity (Wildman–Crippen MR) is 327 cm³/mol. The molecule has 0 aliphatic heterocycles. The number of aryl methyl sites for hydroxylation is 6. The molecular formula is C71H86N6O8. The van der Waals surface area contributed by atoms with Crippen LogP contribution in [0.4, 0.5) is 0 Å². The maximum absolute atomic E-state index is 12.9. The molecule has 8 aromatic rings. The molecule has 0 aliphatic carbocycles. The van der Waals surface area contributed by atoms with Crippen LogP contribution in [0.3, 0.4) is 0 Å². The van der Waals surface area contributed by atoms with Crippen LogP contribution in [0.25, 0.3) is 0 Å². The average Bonchev–Trinajstić information content (AvgIpc) is 4.40. The minimum absolute atomic E-state index is 0.00832. The number of carboxylic acids is 2. The Morgan fingerprint density at radius 3 is 1.12 bits per heavy atom. The van der Waals surface area contributed by atoms with Crippen molar-refractivity contribution in [3.63, 3.8) is 0 Å². The molecule has 448 valence electrons. The fourth-order valence-electron chi connectivity index (χ4n) is 9.67. The fraction of sp³-hybridized carbons (Fsp3) is 0.352. The highest BCUT2D eigenvalue weighted by Crippen LogP contribution is 2.31. The number of ether oxygens (including phenoxy) is 2. The van der Waals surface area contributed by atoms with Gasteiger partial charge < -0.3 is 39.9 Å². The van der Waals surface area contributed by atoms with E-state index in [-0.39, 0.29) is 36.1 Å². The quantitative estimate of drug-likeness (QED) is 0.0444. The molecular weight excluding hydrogens is 1060 g/mol. The number of aliphatic carboxylic acids is 2. The number of imidazole rings is 2. The first kappa shape index (κ1) is 65.7. The molecule has 2 heterocycles. The number of nitrogens with zero attached hydrogens (tertiary/aromatic N) is 4. The third kappa shape index (κ3) is 20.4. The molecule has 2 N–H and O–H groups in total. The van der Waals surface area contributed by atoms with E-state index in [9.17, 15) is 29.4 Å². The maximum Gasteiger partial charge on any atom is 0.265 e. The summed E-state index contributed by atoms with van der Waals surface area (Å²) in [6.07, 6.45) is 10.7. The molecule has 0 radical (unpaired) electrons. The zero-order valence-corrected chi connectivity index (χ0v) is 51.6. The predicted octanol–water partition coefficient (Wildman–Crippen LogP) is 10.2. The zero-order chi connectivity index (χ0) is 61.7. The van der Waals surface area contributed by atoms with Crippen LogP contribution < -0.4 is 30.0 Å². The third-order valence-corrected chi connectivity index (χ3v) is 15.3. The Morgan fingerprint density at radius 2 is 0.800 bits per heavy atom. The van der Waals surface area contributed by atoms with E-state index in [1.54, 1.807) is 0 Å². The minimum atomic E-state index is -1.63. The number of hydrogen-bond donors (Lipinski definition) is 2. The van der Waals surface area contributed by atoms with Gasteiger partial charge in [0, 0.05) is 31.4 Å². The second kappa shape index (κ2) is 32.0. The summed E-state index contributed by atoms with van der Waals surface area (Å²) in [6, 6.07) is 46.0. The van der Waals surface area contributed by atoms with Crippen molar-refractivity contribution in [3.8, 4) is 0 Å². The van der Waals surface area contributed by atoms with Gasteiger partial charge in [-0.1, -0.05) is 172 Å². The van der Waals surface area contributed by atoms with Crippen LogP contribution in [0.2, 0.25) is 0 Å². The Labute approximate surface area is 503 Å². The van der Waals surface area contributed by atoms with Crippen LogP contribution in [0.15, 0.2) is 171 Å². The molecule has 0 saturated carbocycles. The molecule has 0 fully saturated rings. The van der Waals surface area contributed by atoms with Gasteiger partial charge in [-0.25, -0.2) is 18.3 Å². The number of benzene rings is 6. The number of carbonyl (C=O) groups excluding carboxylic acids is 4. The molecule has 14 heteroatoms. The van der Waals surface area contributed by atoms with Crippen LogP contribution in [0, 0.1) is 41.5 Å². The molecule has 6 aromatic carbocycles. The van der Waals surface area contributed by atoms with E-state index < -0.39 is 18.4 Å². The van der Waals surface area contributed by atoms with Crippen molar-refractivity contribution in [3.05, 3.63) is 249 Å². The van der Waals surface area contributed by atoms with E-state index in [1.165, 1.54) is 66.8 Å². The highest BCUT2D eigenvalue weighted by atomic mass is 16.5.